The molecule has 0 bridgehead atoms. The van der Waals surface area contributed by atoms with Gasteiger partial charge in [0.25, 0.3) is 0 Å². The molecular formula is C13H11N3O2. The SMILES string of the molecule is Cc1ncc(C(=O)O)n1Cc1ccc(C#N)cc1. The van der Waals surface area contributed by atoms with E-state index in [2.05, 4.69) is 4.98 Å². The lowest BCUT2D eigenvalue weighted by molar-refractivity contribution is 0.0685. The fourth-order valence-electron chi connectivity index (χ4n) is 1.71. The van der Waals surface area contributed by atoms with Crippen molar-refractivity contribution < 1.29 is 9.90 Å². The first kappa shape index (κ1) is 11.9. The summed E-state index contributed by atoms with van der Waals surface area (Å²) >= 11 is 0. The van der Waals surface area contributed by atoms with Crippen LogP contribution in [0.15, 0.2) is 30.5 Å². The number of nitrogens with zero attached hydrogens (tertiary/aromatic N) is 3. The summed E-state index contributed by atoms with van der Waals surface area (Å²) in [7, 11) is 0. The van der Waals surface area contributed by atoms with Crippen LogP contribution in [-0.4, -0.2) is 20.6 Å². The fraction of sp³-hybridized carbons (Fsp3) is 0.154. The number of imidazole rings is 1. The van der Waals surface area contributed by atoms with Crippen molar-refractivity contribution in [2.24, 2.45) is 0 Å². The molecule has 0 aliphatic heterocycles. The molecule has 5 heteroatoms. The maximum absolute atomic E-state index is 11.0. The maximum atomic E-state index is 11.0. The van der Waals surface area contributed by atoms with Gasteiger partial charge in [0.05, 0.1) is 17.8 Å². The van der Waals surface area contributed by atoms with Gasteiger partial charge in [-0.15, -0.1) is 0 Å². The number of aromatic carboxylic acids is 1. The molecule has 1 N–H and O–H groups in total. The minimum Gasteiger partial charge on any atom is -0.477 e. The monoisotopic (exact) mass is 241 g/mol. The van der Waals surface area contributed by atoms with E-state index in [4.69, 9.17) is 10.4 Å². The molecule has 0 atom stereocenters. The molecule has 0 spiro atoms. The van der Waals surface area contributed by atoms with E-state index in [1.807, 2.05) is 18.2 Å². The third-order valence-electron chi connectivity index (χ3n) is 2.70. The number of rotatable bonds is 3. The zero-order valence-electron chi connectivity index (χ0n) is 9.79. The predicted octanol–water partition coefficient (Wildman–Crippen LogP) is 1.81. The highest BCUT2D eigenvalue weighted by molar-refractivity contribution is 5.85. The fourth-order valence-corrected chi connectivity index (χ4v) is 1.71. The van der Waals surface area contributed by atoms with Gasteiger partial charge >= 0.3 is 5.97 Å². The number of carbonyl (C=O) groups is 1. The Labute approximate surface area is 104 Å². The van der Waals surface area contributed by atoms with Crippen molar-refractivity contribution >= 4 is 5.97 Å². The minimum atomic E-state index is -0.996. The molecule has 18 heavy (non-hydrogen) atoms. The van der Waals surface area contributed by atoms with Crippen LogP contribution in [-0.2, 0) is 6.54 Å². The van der Waals surface area contributed by atoms with Gasteiger partial charge in [0.15, 0.2) is 0 Å². The summed E-state index contributed by atoms with van der Waals surface area (Å²) in [6.07, 6.45) is 1.35. The molecule has 0 amide bonds. The average molecular weight is 241 g/mol. The van der Waals surface area contributed by atoms with Crippen LogP contribution in [0.2, 0.25) is 0 Å². The quantitative estimate of drug-likeness (QED) is 0.888. The summed E-state index contributed by atoms with van der Waals surface area (Å²) < 4.78 is 1.63. The average Bonchev–Trinajstić information content (AvgIpc) is 2.72. The van der Waals surface area contributed by atoms with E-state index in [-0.39, 0.29) is 5.69 Å². The molecule has 0 saturated carbocycles. The van der Waals surface area contributed by atoms with E-state index < -0.39 is 5.97 Å². The Hall–Kier alpha value is -2.61. The van der Waals surface area contributed by atoms with Crippen LogP contribution in [0, 0.1) is 18.3 Å². The molecule has 2 rings (SSSR count). The smallest absolute Gasteiger partial charge is 0.354 e. The summed E-state index contributed by atoms with van der Waals surface area (Å²) in [5.41, 5.74) is 1.68. The topological polar surface area (TPSA) is 78.9 Å². The Morgan fingerprint density at radius 1 is 1.44 bits per heavy atom. The van der Waals surface area contributed by atoms with Gasteiger partial charge < -0.3 is 9.67 Å². The van der Waals surface area contributed by atoms with Crippen LogP contribution < -0.4 is 0 Å². The van der Waals surface area contributed by atoms with Crippen molar-refractivity contribution in [1.82, 2.24) is 9.55 Å². The van der Waals surface area contributed by atoms with E-state index in [1.54, 1.807) is 23.6 Å². The minimum absolute atomic E-state index is 0.164. The summed E-state index contributed by atoms with van der Waals surface area (Å²) in [5.74, 6) is -0.346. The summed E-state index contributed by atoms with van der Waals surface area (Å²) in [6.45, 7) is 2.19. The highest BCUT2D eigenvalue weighted by Gasteiger charge is 2.13. The van der Waals surface area contributed by atoms with Gasteiger partial charge in [0, 0.05) is 6.54 Å². The van der Waals surface area contributed by atoms with Crippen molar-refractivity contribution in [2.75, 3.05) is 0 Å². The largest absolute Gasteiger partial charge is 0.477 e. The van der Waals surface area contributed by atoms with Crippen LogP contribution in [0.5, 0.6) is 0 Å². The molecule has 1 aromatic carbocycles. The number of hydrogen-bond acceptors (Lipinski definition) is 3. The van der Waals surface area contributed by atoms with Crippen LogP contribution >= 0.6 is 0 Å². The lowest BCUT2D eigenvalue weighted by atomic mass is 10.1. The van der Waals surface area contributed by atoms with Crippen LogP contribution in [0.25, 0.3) is 0 Å². The number of carboxylic acids is 1. The van der Waals surface area contributed by atoms with E-state index in [0.717, 1.165) is 5.56 Å². The van der Waals surface area contributed by atoms with Gasteiger partial charge in [-0.2, -0.15) is 5.26 Å². The van der Waals surface area contributed by atoms with Gasteiger partial charge in [-0.3, -0.25) is 0 Å². The van der Waals surface area contributed by atoms with Gasteiger partial charge in [-0.05, 0) is 24.6 Å². The molecule has 0 radical (unpaired) electrons. The number of nitriles is 1. The van der Waals surface area contributed by atoms with Gasteiger partial charge in [0.2, 0.25) is 0 Å². The molecule has 1 aromatic heterocycles. The zero-order chi connectivity index (χ0) is 13.1. The maximum Gasteiger partial charge on any atom is 0.354 e. The Balaban J connectivity index is 2.31. The highest BCUT2D eigenvalue weighted by Crippen LogP contribution is 2.11. The molecule has 90 valence electrons. The standard InChI is InChI=1S/C13H11N3O2/c1-9-15-7-12(13(17)18)16(9)8-11-4-2-10(6-14)3-5-11/h2-5,7H,8H2,1H3,(H,17,18). The molecule has 2 aromatic rings. The number of aromatic nitrogens is 2. The molecule has 5 nitrogen and oxygen atoms in total. The molecular weight excluding hydrogens is 230 g/mol. The second-order valence-corrected chi connectivity index (χ2v) is 3.89. The summed E-state index contributed by atoms with van der Waals surface area (Å²) in [6, 6.07) is 9.08. The van der Waals surface area contributed by atoms with Crippen molar-refractivity contribution in [3.05, 3.63) is 53.1 Å². The summed E-state index contributed by atoms with van der Waals surface area (Å²) in [5, 5.41) is 17.7. The molecule has 0 unspecified atom stereocenters. The van der Waals surface area contributed by atoms with E-state index >= 15 is 0 Å². The Morgan fingerprint density at radius 2 is 2.11 bits per heavy atom. The van der Waals surface area contributed by atoms with Crippen molar-refractivity contribution in [2.45, 2.75) is 13.5 Å². The van der Waals surface area contributed by atoms with Crippen LogP contribution in [0.4, 0.5) is 0 Å². The lowest BCUT2D eigenvalue weighted by Crippen LogP contribution is -2.10. The van der Waals surface area contributed by atoms with Crippen LogP contribution in [0.1, 0.15) is 27.4 Å². The van der Waals surface area contributed by atoms with E-state index in [9.17, 15) is 4.79 Å². The Morgan fingerprint density at radius 3 is 2.67 bits per heavy atom. The van der Waals surface area contributed by atoms with E-state index in [1.165, 1.54) is 6.20 Å². The first-order valence-electron chi connectivity index (χ1n) is 5.36. The first-order valence-corrected chi connectivity index (χ1v) is 5.36. The van der Waals surface area contributed by atoms with Gasteiger partial charge in [0.1, 0.15) is 11.5 Å². The number of aryl methyl sites for hydroxylation is 1. The summed E-state index contributed by atoms with van der Waals surface area (Å²) in [4.78, 5) is 15.0. The lowest BCUT2D eigenvalue weighted by Gasteiger charge is -2.07. The number of hydrogen-bond donors (Lipinski definition) is 1. The molecule has 1 heterocycles. The second-order valence-electron chi connectivity index (χ2n) is 3.89. The predicted molar refractivity (Wildman–Crippen MR) is 64.2 cm³/mol. The van der Waals surface area contributed by atoms with Gasteiger partial charge in [-0.25, -0.2) is 9.78 Å². The first-order chi connectivity index (χ1) is 8.61. The third kappa shape index (κ3) is 2.23. The van der Waals surface area contributed by atoms with E-state index in [0.29, 0.717) is 17.9 Å². The van der Waals surface area contributed by atoms with Gasteiger partial charge in [-0.1, -0.05) is 12.1 Å². The number of benzene rings is 1. The van der Waals surface area contributed by atoms with Crippen molar-refractivity contribution in [3.63, 3.8) is 0 Å². The van der Waals surface area contributed by atoms with Crippen LogP contribution in [0.3, 0.4) is 0 Å². The molecule has 0 aliphatic carbocycles. The normalized spacial score (nSPS) is 10.0. The third-order valence-corrected chi connectivity index (χ3v) is 2.70. The van der Waals surface area contributed by atoms with Crippen molar-refractivity contribution in [3.8, 4) is 6.07 Å². The Kier molecular flexibility index (Phi) is 3.11. The molecule has 0 aliphatic rings. The molecule has 0 fully saturated rings. The second kappa shape index (κ2) is 4.72. The Bertz CT molecular complexity index is 621. The van der Waals surface area contributed by atoms with Crippen molar-refractivity contribution in [1.29, 1.82) is 5.26 Å². The highest BCUT2D eigenvalue weighted by atomic mass is 16.4. The molecule has 0 saturated heterocycles. The number of carboxylic acid groups (broad SMARTS) is 1. The zero-order valence-corrected chi connectivity index (χ0v) is 9.79.